The van der Waals surface area contributed by atoms with Crippen molar-refractivity contribution in [3.63, 3.8) is 0 Å². The second-order valence-corrected chi connectivity index (χ2v) is 7.75. The van der Waals surface area contributed by atoms with Gasteiger partial charge < -0.3 is 19.8 Å². The molecular weight excluding hydrogens is 295 g/mol. The van der Waals surface area contributed by atoms with Crippen molar-refractivity contribution in [3.05, 3.63) is 17.8 Å². The minimum atomic E-state index is -0.701. The first-order chi connectivity index (χ1) is 10.3. The van der Waals surface area contributed by atoms with E-state index >= 15 is 0 Å². The third kappa shape index (κ3) is 3.51. The molecule has 0 amide bonds. The van der Waals surface area contributed by atoms with Crippen LogP contribution < -0.4 is 11.2 Å². The van der Waals surface area contributed by atoms with E-state index in [1.807, 2.05) is 27.7 Å². The highest BCUT2D eigenvalue weighted by Crippen LogP contribution is 2.36. The molecule has 0 atom stereocenters. The van der Waals surface area contributed by atoms with Gasteiger partial charge in [-0.2, -0.15) is 0 Å². The van der Waals surface area contributed by atoms with Crippen molar-refractivity contribution < 1.29 is 18.8 Å². The Labute approximate surface area is 137 Å². The molecule has 1 aromatic rings. The average Bonchev–Trinajstić information content (AvgIpc) is 2.55. The van der Waals surface area contributed by atoms with Gasteiger partial charge in [-0.1, -0.05) is 0 Å². The molecule has 2 N–H and O–H groups in total. The maximum absolute atomic E-state index is 12.5. The Morgan fingerprint density at radius 2 is 1.74 bits per heavy atom. The van der Waals surface area contributed by atoms with Gasteiger partial charge in [0.25, 0.3) is 0 Å². The van der Waals surface area contributed by atoms with Crippen LogP contribution in [0.5, 0.6) is 0 Å². The molecule has 7 heteroatoms. The fraction of sp³-hybridized carbons (Fsp3) is 0.625. The number of hydrogen-bond donors (Lipinski definition) is 1. The number of ether oxygens (including phenoxy) is 1. The summed E-state index contributed by atoms with van der Waals surface area (Å²) < 4.78 is 17.5. The highest BCUT2D eigenvalue weighted by molar-refractivity contribution is 6.63. The van der Waals surface area contributed by atoms with Crippen LogP contribution in [0.25, 0.3) is 0 Å². The first kappa shape index (κ1) is 17.8. The number of esters is 1. The van der Waals surface area contributed by atoms with Crippen molar-refractivity contribution in [2.24, 2.45) is 0 Å². The molecule has 23 heavy (non-hydrogen) atoms. The van der Waals surface area contributed by atoms with Gasteiger partial charge in [0.15, 0.2) is 0 Å². The molecule has 6 nitrogen and oxygen atoms in total. The molecule has 126 valence electrons. The lowest BCUT2D eigenvalue weighted by Gasteiger charge is -2.32. The van der Waals surface area contributed by atoms with Gasteiger partial charge in [-0.15, -0.1) is 0 Å². The topological polar surface area (TPSA) is 83.7 Å². The summed E-state index contributed by atoms with van der Waals surface area (Å²) >= 11 is 0. The monoisotopic (exact) mass is 320 g/mol. The Morgan fingerprint density at radius 1 is 1.22 bits per heavy atom. The van der Waals surface area contributed by atoms with Crippen LogP contribution in [-0.4, -0.2) is 34.9 Å². The highest BCUT2D eigenvalue weighted by atomic mass is 16.7. The maximum atomic E-state index is 12.5. The number of anilines is 1. The molecule has 2 rings (SSSR count). The van der Waals surface area contributed by atoms with E-state index in [9.17, 15) is 4.79 Å². The van der Waals surface area contributed by atoms with Crippen molar-refractivity contribution >= 4 is 24.4 Å². The number of hydrogen-bond acceptors (Lipinski definition) is 6. The van der Waals surface area contributed by atoms with E-state index in [0.717, 1.165) is 0 Å². The molecule has 0 aromatic carbocycles. The highest BCUT2D eigenvalue weighted by Gasteiger charge is 2.52. The second kappa shape index (κ2) is 5.49. The van der Waals surface area contributed by atoms with Gasteiger partial charge in [0.1, 0.15) is 17.0 Å². The van der Waals surface area contributed by atoms with E-state index in [-0.39, 0.29) is 11.4 Å². The molecule has 0 radical (unpaired) electrons. The van der Waals surface area contributed by atoms with E-state index in [4.69, 9.17) is 19.8 Å². The lowest BCUT2D eigenvalue weighted by atomic mass is 9.76. The number of nitrogen functional groups attached to an aromatic ring is 1. The van der Waals surface area contributed by atoms with E-state index in [1.165, 1.54) is 6.20 Å². The van der Waals surface area contributed by atoms with Gasteiger partial charge in [-0.3, -0.25) is 0 Å². The predicted molar refractivity (Wildman–Crippen MR) is 89.5 cm³/mol. The van der Waals surface area contributed by atoms with Crippen LogP contribution in [0.3, 0.4) is 0 Å². The summed E-state index contributed by atoms with van der Waals surface area (Å²) in [5.74, 6) is -0.431. The lowest BCUT2D eigenvalue weighted by Crippen LogP contribution is -2.41. The quantitative estimate of drug-likeness (QED) is 0.662. The Hall–Kier alpha value is -1.60. The summed E-state index contributed by atoms with van der Waals surface area (Å²) in [5, 5.41) is 0. The fourth-order valence-electron chi connectivity index (χ4n) is 2.21. The molecule has 0 saturated carbocycles. The van der Waals surface area contributed by atoms with Gasteiger partial charge in [0, 0.05) is 11.7 Å². The van der Waals surface area contributed by atoms with Crippen molar-refractivity contribution in [1.29, 1.82) is 0 Å². The van der Waals surface area contributed by atoms with E-state index in [1.54, 1.807) is 26.8 Å². The summed E-state index contributed by atoms with van der Waals surface area (Å²) in [4.78, 5) is 16.5. The van der Waals surface area contributed by atoms with Crippen molar-refractivity contribution in [3.8, 4) is 0 Å². The molecule has 1 aromatic heterocycles. The van der Waals surface area contributed by atoms with Gasteiger partial charge in [-0.05, 0) is 54.5 Å². The SMILES string of the molecule is CC(C)(C)OC(=O)c1c(B2OC(C)(C)C(C)(C)O2)ccnc1N. The predicted octanol–water partition coefficient (Wildman–Crippen LogP) is 1.92. The molecule has 0 aliphatic carbocycles. The van der Waals surface area contributed by atoms with E-state index in [0.29, 0.717) is 5.46 Å². The van der Waals surface area contributed by atoms with Crippen LogP contribution in [0.4, 0.5) is 5.82 Å². The van der Waals surface area contributed by atoms with Crippen LogP contribution >= 0.6 is 0 Å². The zero-order chi connectivity index (χ0) is 17.6. The summed E-state index contributed by atoms with van der Waals surface area (Å²) in [7, 11) is -0.701. The zero-order valence-corrected chi connectivity index (χ0v) is 14.9. The largest absolute Gasteiger partial charge is 0.495 e. The van der Waals surface area contributed by atoms with E-state index in [2.05, 4.69) is 4.98 Å². The number of carbonyl (C=O) groups excluding carboxylic acids is 1. The Bertz CT molecular complexity index is 607. The molecule has 2 heterocycles. The molecular formula is C16H25BN2O4. The summed E-state index contributed by atoms with van der Waals surface area (Å²) in [6.45, 7) is 13.2. The van der Waals surface area contributed by atoms with Crippen molar-refractivity contribution in [2.45, 2.75) is 65.3 Å². The zero-order valence-electron chi connectivity index (χ0n) is 14.9. The smallest absolute Gasteiger partial charge is 0.456 e. The molecule has 0 spiro atoms. The maximum Gasteiger partial charge on any atom is 0.495 e. The number of nitrogens with two attached hydrogens (primary N) is 1. The normalized spacial score (nSPS) is 19.7. The number of pyridine rings is 1. The minimum absolute atomic E-state index is 0.103. The lowest BCUT2D eigenvalue weighted by molar-refractivity contribution is 0.00578. The number of nitrogens with zero attached hydrogens (tertiary/aromatic N) is 1. The molecule has 1 saturated heterocycles. The Morgan fingerprint density at radius 3 is 2.22 bits per heavy atom. The summed E-state index contributed by atoms with van der Waals surface area (Å²) in [6.07, 6.45) is 1.53. The van der Waals surface area contributed by atoms with Crippen molar-refractivity contribution in [2.75, 3.05) is 5.73 Å². The van der Waals surface area contributed by atoms with Gasteiger partial charge in [-0.25, -0.2) is 9.78 Å². The summed E-state index contributed by atoms with van der Waals surface area (Å²) in [5.41, 5.74) is 4.99. The van der Waals surface area contributed by atoms with Crippen LogP contribution in [0.15, 0.2) is 12.3 Å². The first-order valence-corrected chi connectivity index (χ1v) is 7.67. The third-order valence-electron chi connectivity index (χ3n) is 4.12. The van der Waals surface area contributed by atoms with E-state index < -0.39 is 29.9 Å². The minimum Gasteiger partial charge on any atom is -0.456 e. The summed E-state index contributed by atoms with van der Waals surface area (Å²) in [6, 6.07) is 1.68. The van der Waals surface area contributed by atoms with Crippen LogP contribution in [0.2, 0.25) is 0 Å². The number of aromatic nitrogens is 1. The first-order valence-electron chi connectivity index (χ1n) is 7.67. The van der Waals surface area contributed by atoms with Crippen LogP contribution in [-0.2, 0) is 14.0 Å². The van der Waals surface area contributed by atoms with Gasteiger partial charge >= 0.3 is 13.1 Å². The molecule has 1 fully saturated rings. The fourth-order valence-corrected chi connectivity index (χ4v) is 2.21. The molecule has 1 aliphatic heterocycles. The van der Waals surface area contributed by atoms with Gasteiger partial charge in [0.05, 0.1) is 11.2 Å². The molecule has 0 bridgehead atoms. The van der Waals surface area contributed by atoms with Crippen LogP contribution in [0, 0.1) is 0 Å². The number of rotatable bonds is 2. The van der Waals surface area contributed by atoms with Crippen LogP contribution in [0.1, 0.15) is 58.8 Å². The average molecular weight is 320 g/mol. The molecule has 0 unspecified atom stereocenters. The third-order valence-corrected chi connectivity index (χ3v) is 4.12. The number of carbonyl (C=O) groups is 1. The standard InChI is InChI=1S/C16H25BN2O4/c1-14(2,3)21-13(20)11-10(8-9-19-12(11)18)17-22-15(4,5)16(6,7)23-17/h8-9H,1-7H3,(H2,18,19). The molecule has 1 aliphatic rings. The van der Waals surface area contributed by atoms with Crippen molar-refractivity contribution in [1.82, 2.24) is 4.98 Å². The Balaban J connectivity index is 2.42. The Kier molecular flexibility index (Phi) is 4.24. The second-order valence-electron chi connectivity index (χ2n) is 7.75. The van der Waals surface area contributed by atoms with Gasteiger partial charge in [0.2, 0.25) is 0 Å².